The van der Waals surface area contributed by atoms with Gasteiger partial charge in [0.1, 0.15) is 12.4 Å². The van der Waals surface area contributed by atoms with Crippen molar-refractivity contribution in [3.05, 3.63) is 72.3 Å². The van der Waals surface area contributed by atoms with E-state index in [9.17, 15) is 9.90 Å². The molecule has 3 rings (SSSR count). The smallest absolute Gasteiger partial charge is 0.545 e. The van der Waals surface area contributed by atoms with Crippen molar-refractivity contribution in [1.29, 1.82) is 0 Å². The molecule has 0 atom stereocenters. The van der Waals surface area contributed by atoms with Gasteiger partial charge in [0.15, 0.2) is 0 Å². The van der Waals surface area contributed by atoms with Gasteiger partial charge < -0.3 is 20.0 Å². The van der Waals surface area contributed by atoms with Crippen LogP contribution in [-0.2, 0) is 0 Å². The fourth-order valence-corrected chi connectivity index (χ4v) is 2.40. The van der Waals surface area contributed by atoms with E-state index in [0.717, 1.165) is 22.2 Å². The predicted molar refractivity (Wildman–Crippen MR) is 88.7 cm³/mol. The molecule has 0 saturated heterocycles. The van der Waals surface area contributed by atoms with Crippen LogP contribution in [0.2, 0.25) is 0 Å². The summed E-state index contributed by atoms with van der Waals surface area (Å²) in [7, 11) is 0. The molecule has 0 heterocycles. The van der Waals surface area contributed by atoms with Gasteiger partial charge in [-0.1, -0.05) is 48.5 Å². The summed E-state index contributed by atoms with van der Waals surface area (Å²) in [6.45, 7) is 1.13. The average Bonchev–Trinajstić information content (AvgIpc) is 2.59. The first-order chi connectivity index (χ1) is 11.2. The van der Waals surface area contributed by atoms with Crippen molar-refractivity contribution in [3.8, 4) is 5.75 Å². The van der Waals surface area contributed by atoms with Gasteiger partial charge >= 0.3 is 29.6 Å². The van der Waals surface area contributed by atoms with Gasteiger partial charge in [-0.3, -0.25) is 0 Å². The Bertz CT molecular complexity index is 813. The molecule has 0 aliphatic rings. The third-order valence-corrected chi connectivity index (χ3v) is 3.56. The molecule has 0 unspecified atom stereocenters. The van der Waals surface area contributed by atoms with E-state index in [-0.39, 0.29) is 35.1 Å². The van der Waals surface area contributed by atoms with E-state index in [2.05, 4.69) is 17.4 Å². The van der Waals surface area contributed by atoms with Gasteiger partial charge in [-0.15, -0.1) is 0 Å². The van der Waals surface area contributed by atoms with E-state index in [0.29, 0.717) is 13.2 Å². The second kappa shape index (κ2) is 8.73. The van der Waals surface area contributed by atoms with Gasteiger partial charge in [-0.2, -0.15) is 0 Å². The first-order valence-corrected chi connectivity index (χ1v) is 7.40. The standard InChI is InChI=1S/C19H17NO3.Na/c21-19(22)15-8-10-16(11-9-15)20-12-13-23-18-7-3-5-14-4-1-2-6-17(14)18;/h1-11,20H,12-13H2,(H,21,22);/q;+1/p-1. The third-order valence-electron chi connectivity index (χ3n) is 3.56. The van der Waals surface area contributed by atoms with Gasteiger partial charge in [0, 0.05) is 17.6 Å². The summed E-state index contributed by atoms with van der Waals surface area (Å²) in [5.41, 5.74) is 1.01. The monoisotopic (exact) mass is 329 g/mol. The minimum absolute atomic E-state index is 0. The molecule has 0 bridgehead atoms. The Hall–Kier alpha value is -2.01. The number of benzene rings is 3. The van der Waals surface area contributed by atoms with Crippen LogP contribution in [0.1, 0.15) is 10.4 Å². The van der Waals surface area contributed by atoms with Crippen LogP contribution in [0.3, 0.4) is 0 Å². The number of aromatic carboxylic acids is 1. The molecule has 4 nitrogen and oxygen atoms in total. The number of fused-ring (bicyclic) bond motifs is 1. The number of carboxylic acids is 1. The molecule has 24 heavy (non-hydrogen) atoms. The molecule has 0 fully saturated rings. The van der Waals surface area contributed by atoms with Crippen molar-refractivity contribution in [2.45, 2.75) is 0 Å². The molecular formula is C19H16NNaO3. The molecule has 0 radical (unpaired) electrons. The Morgan fingerprint density at radius 3 is 2.42 bits per heavy atom. The van der Waals surface area contributed by atoms with E-state index >= 15 is 0 Å². The summed E-state index contributed by atoms with van der Waals surface area (Å²) in [6.07, 6.45) is 0. The van der Waals surface area contributed by atoms with Crippen molar-refractivity contribution < 1.29 is 44.2 Å². The van der Waals surface area contributed by atoms with Crippen LogP contribution in [0.5, 0.6) is 5.75 Å². The van der Waals surface area contributed by atoms with Gasteiger partial charge in [-0.25, -0.2) is 0 Å². The minimum Gasteiger partial charge on any atom is -0.545 e. The maximum atomic E-state index is 10.7. The number of nitrogens with one attached hydrogen (secondary N) is 1. The summed E-state index contributed by atoms with van der Waals surface area (Å²) in [6, 6.07) is 20.5. The van der Waals surface area contributed by atoms with E-state index in [1.54, 1.807) is 12.1 Å². The zero-order valence-corrected chi connectivity index (χ0v) is 15.5. The van der Waals surface area contributed by atoms with Crippen LogP contribution >= 0.6 is 0 Å². The van der Waals surface area contributed by atoms with Crippen LogP contribution in [-0.4, -0.2) is 19.1 Å². The Kier molecular flexibility index (Phi) is 6.67. The molecule has 116 valence electrons. The summed E-state index contributed by atoms with van der Waals surface area (Å²) < 4.78 is 5.84. The van der Waals surface area contributed by atoms with Crippen molar-refractivity contribution in [2.24, 2.45) is 0 Å². The molecule has 0 aliphatic carbocycles. The second-order valence-electron chi connectivity index (χ2n) is 5.12. The van der Waals surface area contributed by atoms with Crippen molar-refractivity contribution in [1.82, 2.24) is 0 Å². The van der Waals surface area contributed by atoms with Crippen molar-refractivity contribution in [3.63, 3.8) is 0 Å². The van der Waals surface area contributed by atoms with E-state index in [4.69, 9.17) is 4.74 Å². The number of carboxylic acid groups (broad SMARTS) is 1. The largest absolute Gasteiger partial charge is 1.00 e. The zero-order chi connectivity index (χ0) is 16.1. The maximum Gasteiger partial charge on any atom is 1.00 e. The Morgan fingerprint density at radius 2 is 1.67 bits per heavy atom. The van der Waals surface area contributed by atoms with Gasteiger partial charge in [0.05, 0.1) is 5.97 Å². The van der Waals surface area contributed by atoms with Crippen LogP contribution < -0.4 is 44.7 Å². The van der Waals surface area contributed by atoms with Crippen molar-refractivity contribution >= 4 is 22.4 Å². The minimum atomic E-state index is -1.17. The van der Waals surface area contributed by atoms with Gasteiger partial charge in [0.2, 0.25) is 0 Å². The first kappa shape index (κ1) is 18.3. The van der Waals surface area contributed by atoms with E-state index < -0.39 is 5.97 Å². The number of hydrogen-bond acceptors (Lipinski definition) is 4. The third kappa shape index (κ3) is 4.51. The normalized spacial score (nSPS) is 10.0. The molecule has 0 amide bonds. The predicted octanol–water partition coefficient (Wildman–Crippen LogP) is -0.302. The van der Waals surface area contributed by atoms with Crippen LogP contribution in [0.4, 0.5) is 5.69 Å². The van der Waals surface area contributed by atoms with Crippen molar-refractivity contribution in [2.75, 3.05) is 18.5 Å². The van der Waals surface area contributed by atoms with Crippen LogP contribution in [0.15, 0.2) is 66.7 Å². The molecule has 5 heteroatoms. The first-order valence-electron chi connectivity index (χ1n) is 7.40. The summed E-state index contributed by atoms with van der Waals surface area (Å²) in [4.78, 5) is 10.7. The van der Waals surface area contributed by atoms with Crippen LogP contribution in [0, 0.1) is 0 Å². The number of rotatable bonds is 6. The number of carbonyl (C=O) groups excluding carboxylic acids is 1. The summed E-state index contributed by atoms with van der Waals surface area (Å²) >= 11 is 0. The zero-order valence-electron chi connectivity index (χ0n) is 13.5. The fourth-order valence-electron chi connectivity index (χ4n) is 2.40. The molecule has 0 spiro atoms. The quantitative estimate of drug-likeness (QED) is 0.498. The SMILES string of the molecule is O=C([O-])c1ccc(NCCOc2cccc3ccccc23)cc1.[Na+]. The maximum absolute atomic E-state index is 10.7. The van der Waals surface area contributed by atoms with Crippen LogP contribution in [0.25, 0.3) is 10.8 Å². The molecule has 0 aromatic heterocycles. The Morgan fingerprint density at radius 1 is 0.958 bits per heavy atom. The van der Waals surface area contributed by atoms with Gasteiger partial charge in [0.25, 0.3) is 0 Å². The van der Waals surface area contributed by atoms with Gasteiger partial charge in [-0.05, 0) is 29.1 Å². The summed E-state index contributed by atoms with van der Waals surface area (Å²) in [5, 5.41) is 16.1. The molecule has 3 aromatic rings. The number of ether oxygens (including phenoxy) is 1. The second-order valence-corrected chi connectivity index (χ2v) is 5.12. The molecule has 3 aromatic carbocycles. The van der Waals surface area contributed by atoms with E-state index in [1.165, 1.54) is 12.1 Å². The summed E-state index contributed by atoms with van der Waals surface area (Å²) in [5.74, 6) is -0.312. The topological polar surface area (TPSA) is 61.4 Å². The average molecular weight is 329 g/mol. The fraction of sp³-hybridized carbons (Fsp3) is 0.105. The molecule has 0 aliphatic heterocycles. The molecule has 1 N–H and O–H groups in total. The number of hydrogen-bond donors (Lipinski definition) is 1. The molecular weight excluding hydrogens is 313 g/mol. The Balaban J connectivity index is 0.00000208. The number of carbonyl (C=O) groups is 1. The number of anilines is 1. The molecule has 0 saturated carbocycles. The Labute approximate surface area is 162 Å². The van der Waals surface area contributed by atoms with E-state index in [1.807, 2.05) is 30.3 Å².